The van der Waals surface area contributed by atoms with E-state index in [0.29, 0.717) is 32.7 Å². The molecule has 0 aliphatic rings. The molecule has 2 aromatic carbocycles. The first-order valence-electron chi connectivity index (χ1n) is 10.4. The summed E-state index contributed by atoms with van der Waals surface area (Å²) in [6.45, 7) is 6.99. The van der Waals surface area contributed by atoms with Gasteiger partial charge in [0.25, 0.3) is 0 Å². The standard InChI is InChI=1S/C23H33N5O2/c1-20(29)27(25-18-22-10-5-3-6-11-22)16-9-14-24-15-17-28(21(2)30)26-19-23-12-7-4-8-13-23/h3-8,10-13,24-26H,9,14-19H2,1-2H3. The summed E-state index contributed by atoms with van der Waals surface area (Å²) >= 11 is 0. The summed E-state index contributed by atoms with van der Waals surface area (Å²) in [7, 11) is 0. The highest BCUT2D eigenvalue weighted by atomic mass is 16.2. The van der Waals surface area contributed by atoms with Crippen molar-refractivity contribution in [2.75, 3.05) is 26.2 Å². The minimum atomic E-state index is -0.0133. The number of hydrogen-bond donors (Lipinski definition) is 3. The number of amides is 2. The Balaban J connectivity index is 1.62. The van der Waals surface area contributed by atoms with E-state index in [-0.39, 0.29) is 11.8 Å². The minimum absolute atomic E-state index is 0.00111. The number of rotatable bonds is 13. The molecule has 0 unspecified atom stereocenters. The van der Waals surface area contributed by atoms with Gasteiger partial charge in [0, 0.05) is 46.6 Å². The van der Waals surface area contributed by atoms with Crippen molar-refractivity contribution in [2.45, 2.75) is 33.4 Å². The van der Waals surface area contributed by atoms with Crippen LogP contribution in [0, 0.1) is 0 Å². The summed E-state index contributed by atoms with van der Waals surface area (Å²) < 4.78 is 0. The van der Waals surface area contributed by atoms with E-state index >= 15 is 0 Å². The Kier molecular flexibility index (Phi) is 10.6. The predicted molar refractivity (Wildman–Crippen MR) is 119 cm³/mol. The van der Waals surface area contributed by atoms with E-state index in [1.165, 1.54) is 0 Å². The molecule has 7 nitrogen and oxygen atoms in total. The summed E-state index contributed by atoms with van der Waals surface area (Å²) in [6, 6.07) is 20.0. The number of carbonyl (C=O) groups is 2. The average molecular weight is 412 g/mol. The Bertz CT molecular complexity index is 689. The fraction of sp³-hybridized carbons (Fsp3) is 0.391. The third-order valence-corrected chi connectivity index (χ3v) is 4.64. The van der Waals surface area contributed by atoms with Crippen molar-refractivity contribution in [1.82, 2.24) is 26.2 Å². The van der Waals surface area contributed by atoms with Crippen molar-refractivity contribution in [1.29, 1.82) is 0 Å². The number of benzene rings is 2. The molecule has 0 atom stereocenters. The van der Waals surface area contributed by atoms with Crippen molar-refractivity contribution in [2.24, 2.45) is 0 Å². The maximum Gasteiger partial charge on any atom is 0.233 e. The Hall–Kier alpha value is -2.74. The van der Waals surface area contributed by atoms with Crippen molar-refractivity contribution in [3.63, 3.8) is 0 Å². The van der Waals surface area contributed by atoms with Crippen LogP contribution < -0.4 is 16.2 Å². The lowest BCUT2D eigenvalue weighted by Gasteiger charge is -2.23. The van der Waals surface area contributed by atoms with E-state index in [2.05, 4.69) is 16.2 Å². The van der Waals surface area contributed by atoms with Crippen LogP contribution in [0.15, 0.2) is 60.7 Å². The highest BCUT2D eigenvalue weighted by molar-refractivity contribution is 5.73. The lowest BCUT2D eigenvalue weighted by Crippen LogP contribution is -2.45. The molecule has 0 saturated carbocycles. The molecule has 0 heterocycles. The second-order valence-electron chi connectivity index (χ2n) is 7.09. The Morgan fingerprint density at radius 3 is 1.63 bits per heavy atom. The van der Waals surface area contributed by atoms with Crippen molar-refractivity contribution in [3.05, 3.63) is 71.8 Å². The van der Waals surface area contributed by atoms with Gasteiger partial charge in [-0.25, -0.2) is 10.9 Å². The summed E-state index contributed by atoms with van der Waals surface area (Å²) in [4.78, 5) is 23.7. The van der Waals surface area contributed by atoms with Gasteiger partial charge in [0.05, 0.1) is 0 Å². The molecular weight excluding hydrogens is 378 g/mol. The molecule has 0 saturated heterocycles. The van der Waals surface area contributed by atoms with Gasteiger partial charge in [-0.3, -0.25) is 19.6 Å². The molecule has 0 bridgehead atoms. The zero-order chi connectivity index (χ0) is 21.6. The van der Waals surface area contributed by atoms with Gasteiger partial charge in [-0.15, -0.1) is 0 Å². The first-order valence-corrected chi connectivity index (χ1v) is 10.4. The van der Waals surface area contributed by atoms with Gasteiger partial charge in [0.15, 0.2) is 0 Å². The van der Waals surface area contributed by atoms with Crippen LogP contribution in [-0.2, 0) is 22.7 Å². The van der Waals surface area contributed by atoms with Crippen LogP contribution in [0.4, 0.5) is 0 Å². The molecule has 30 heavy (non-hydrogen) atoms. The van der Waals surface area contributed by atoms with Gasteiger partial charge >= 0.3 is 0 Å². The van der Waals surface area contributed by atoms with E-state index in [4.69, 9.17) is 0 Å². The maximum absolute atomic E-state index is 11.8. The average Bonchev–Trinajstić information content (AvgIpc) is 2.75. The van der Waals surface area contributed by atoms with Gasteiger partial charge in [-0.2, -0.15) is 0 Å². The second kappa shape index (κ2) is 13.5. The summed E-state index contributed by atoms with van der Waals surface area (Å²) in [5.41, 5.74) is 8.62. The lowest BCUT2D eigenvalue weighted by atomic mass is 10.2. The van der Waals surface area contributed by atoms with Crippen LogP contribution in [0.2, 0.25) is 0 Å². The topological polar surface area (TPSA) is 76.7 Å². The first-order chi connectivity index (χ1) is 14.6. The fourth-order valence-electron chi connectivity index (χ4n) is 2.94. The third-order valence-electron chi connectivity index (χ3n) is 4.64. The Morgan fingerprint density at radius 1 is 0.700 bits per heavy atom. The number of carbonyl (C=O) groups excluding carboxylic acids is 2. The van der Waals surface area contributed by atoms with Gasteiger partial charge in [-0.1, -0.05) is 60.7 Å². The van der Waals surface area contributed by atoms with Crippen molar-refractivity contribution < 1.29 is 9.59 Å². The number of hydrazine groups is 2. The highest BCUT2D eigenvalue weighted by Crippen LogP contribution is 2.00. The molecular formula is C23H33N5O2. The molecule has 2 aromatic rings. The molecule has 162 valence electrons. The molecule has 0 radical (unpaired) electrons. The second-order valence-corrected chi connectivity index (χ2v) is 7.09. The van der Waals surface area contributed by atoms with Gasteiger partial charge in [0.2, 0.25) is 11.8 Å². The molecule has 2 amide bonds. The van der Waals surface area contributed by atoms with E-state index < -0.39 is 0 Å². The number of hydrogen-bond acceptors (Lipinski definition) is 5. The van der Waals surface area contributed by atoms with E-state index in [0.717, 1.165) is 24.1 Å². The van der Waals surface area contributed by atoms with Crippen LogP contribution in [-0.4, -0.2) is 48.0 Å². The number of nitrogens with one attached hydrogen (secondary N) is 3. The quantitative estimate of drug-likeness (QED) is 0.348. The molecule has 0 fully saturated rings. The predicted octanol–water partition coefficient (Wildman–Crippen LogP) is 2.07. The van der Waals surface area contributed by atoms with Crippen LogP contribution in [0.3, 0.4) is 0 Å². The fourth-order valence-corrected chi connectivity index (χ4v) is 2.94. The molecule has 0 aliphatic heterocycles. The zero-order valence-electron chi connectivity index (χ0n) is 17.9. The highest BCUT2D eigenvalue weighted by Gasteiger charge is 2.09. The summed E-state index contributed by atoms with van der Waals surface area (Å²) in [6.07, 6.45) is 0.818. The normalized spacial score (nSPS) is 10.6. The minimum Gasteiger partial charge on any atom is -0.315 e. The van der Waals surface area contributed by atoms with Gasteiger partial charge in [-0.05, 0) is 24.1 Å². The van der Waals surface area contributed by atoms with Crippen LogP contribution in [0.25, 0.3) is 0 Å². The number of nitrogens with zero attached hydrogens (tertiary/aromatic N) is 2. The van der Waals surface area contributed by atoms with E-state index in [1.54, 1.807) is 23.9 Å². The van der Waals surface area contributed by atoms with Crippen LogP contribution >= 0.6 is 0 Å². The zero-order valence-corrected chi connectivity index (χ0v) is 17.9. The Morgan fingerprint density at radius 2 is 1.17 bits per heavy atom. The monoisotopic (exact) mass is 411 g/mol. The van der Waals surface area contributed by atoms with Gasteiger partial charge in [0.1, 0.15) is 0 Å². The molecule has 0 aromatic heterocycles. The van der Waals surface area contributed by atoms with Crippen molar-refractivity contribution >= 4 is 11.8 Å². The molecule has 3 N–H and O–H groups in total. The largest absolute Gasteiger partial charge is 0.315 e. The third kappa shape index (κ3) is 9.17. The van der Waals surface area contributed by atoms with Crippen LogP contribution in [0.5, 0.6) is 0 Å². The lowest BCUT2D eigenvalue weighted by molar-refractivity contribution is -0.133. The molecule has 0 aliphatic carbocycles. The van der Waals surface area contributed by atoms with Gasteiger partial charge < -0.3 is 5.32 Å². The first kappa shape index (κ1) is 23.5. The van der Waals surface area contributed by atoms with Crippen LogP contribution in [0.1, 0.15) is 31.4 Å². The summed E-state index contributed by atoms with van der Waals surface area (Å²) in [5, 5.41) is 6.62. The SMILES string of the molecule is CC(=O)N(CCCNCCN(NCc1ccccc1)C(C)=O)NCc1ccccc1. The van der Waals surface area contributed by atoms with Crippen molar-refractivity contribution in [3.8, 4) is 0 Å². The summed E-state index contributed by atoms with van der Waals surface area (Å²) in [5.74, 6) is -0.0144. The molecule has 2 rings (SSSR count). The Labute approximate surface area is 179 Å². The molecule has 0 spiro atoms. The van der Waals surface area contributed by atoms with E-state index in [1.807, 2.05) is 60.7 Å². The molecule has 7 heteroatoms. The maximum atomic E-state index is 11.8. The smallest absolute Gasteiger partial charge is 0.233 e. The van der Waals surface area contributed by atoms with E-state index in [9.17, 15) is 9.59 Å².